The zero-order chi connectivity index (χ0) is 20.8. The molecule has 2 aromatic carbocycles. The van der Waals surface area contributed by atoms with Gasteiger partial charge in [0.25, 0.3) is 5.91 Å². The van der Waals surface area contributed by atoms with Gasteiger partial charge in [-0.05, 0) is 50.1 Å². The molecule has 0 fully saturated rings. The second-order valence-corrected chi connectivity index (χ2v) is 7.31. The first-order valence-electron chi connectivity index (χ1n) is 8.89. The van der Waals surface area contributed by atoms with E-state index in [0.29, 0.717) is 21.4 Å². The van der Waals surface area contributed by atoms with E-state index < -0.39 is 6.04 Å². The van der Waals surface area contributed by atoms with Gasteiger partial charge in [0.2, 0.25) is 5.91 Å². The molecule has 1 unspecified atom stereocenters. The van der Waals surface area contributed by atoms with E-state index in [1.54, 1.807) is 25.1 Å². The number of halogens is 2. The van der Waals surface area contributed by atoms with Gasteiger partial charge in [0.05, 0.1) is 0 Å². The highest BCUT2D eigenvalue weighted by Crippen LogP contribution is 2.27. The van der Waals surface area contributed by atoms with Gasteiger partial charge in [0.15, 0.2) is 6.61 Å². The minimum Gasteiger partial charge on any atom is -0.483 e. The largest absolute Gasteiger partial charge is 0.483 e. The Hall–Kier alpha value is -2.24. The van der Waals surface area contributed by atoms with E-state index in [0.717, 1.165) is 11.1 Å². The molecule has 150 valence electrons. The summed E-state index contributed by atoms with van der Waals surface area (Å²) in [5.41, 5.74) is 2.63. The third kappa shape index (κ3) is 5.18. The molecule has 2 amide bonds. The van der Waals surface area contributed by atoms with Gasteiger partial charge >= 0.3 is 0 Å². The summed E-state index contributed by atoms with van der Waals surface area (Å²) in [6.07, 6.45) is 0. The van der Waals surface area contributed by atoms with Crippen molar-refractivity contribution in [3.05, 3.63) is 63.1 Å². The van der Waals surface area contributed by atoms with Crippen molar-refractivity contribution in [2.45, 2.75) is 33.4 Å². The molecule has 0 saturated carbocycles. The molecule has 0 saturated heterocycles. The topological polar surface area (TPSA) is 58.6 Å². The summed E-state index contributed by atoms with van der Waals surface area (Å²) >= 11 is 12.5. The first kappa shape index (κ1) is 22.1. The summed E-state index contributed by atoms with van der Waals surface area (Å²) in [6.45, 7) is 5.46. The molecule has 0 spiro atoms. The Morgan fingerprint density at radius 1 is 1.11 bits per heavy atom. The van der Waals surface area contributed by atoms with Crippen molar-refractivity contribution in [1.29, 1.82) is 0 Å². The number of carbonyl (C=O) groups excluding carboxylic acids is 2. The molecule has 2 rings (SSSR count). The Morgan fingerprint density at radius 3 is 2.32 bits per heavy atom. The lowest BCUT2D eigenvalue weighted by atomic mass is 10.1. The Morgan fingerprint density at radius 2 is 1.71 bits per heavy atom. The molecule has 0 bridgehead atoms. The van der Waals surface area contributed by atoms with E-state index in [4.69, 9.17) is 27.9 Å². The number of aryl methyl sites for hydroxylation is 1. The molecule has 1 atom stereocenters. The van der Waals surface area contributed by atoms with Crippen molar-refractivity contribution in [1.82, 2.24) is 10.2 Å². The highest BCUT2D eigenvalue weighted by atomic mass is 35.5. The van der Waals surface area contributed by atoms with Gasteiger partial charge in [-0.3, -0.25) is 9.59 Å². The van der Waals surface area contributed by atoms with Crippen LogP contribution >= 0.6 is 23.2 Å². The highest BCUT2D eigenvalue weighted by Gasteiger charge is 2.27. The van der Waals surface area contributed by atoms with Gasteiger partial charge in [-0.1, -0.05) is 41.4 Å². The minimum atomic E-state index is -0.716. The van der Waals surface area contributed by atoms with Crippen LogP contribution in [0.1, 0.15) is 23.6 Å². The van der Waals surface area contributed by atoms with E-state index in [2.05, 4.69) is 5.32 Å². The smallest absolute Gasteiger partial charge is 0.261 e. The first-order valence-corrected chi connectivity index (χ1v) is 9.64. The van der Waals surface area contributed by atoms with Crippen LogP contribution in [0.2, 0.25) is 10.0 Å². The van der Waals surface area contributed by atoms with Crippen molar-refractivity contribution < 1.29 is 14.3 Å². The maximum Gasteiger partial charge on any atom is 0.261 e. The van der Waals surface area contributed by atoms with Gasteiger partial charge in [0.1, 0.15) is 11.8 Å². The van der Waals surface area contributed by atoms with Crippen LogP contribution in [-0.2, 0) is 16.1 Å². The zero-order valence-electron chi connectivity index (χ0n) is 16.4. The first-order chi connectivity index (χ1) is 13.3. The molecule has 0 aliphatic heterocycles. The quantitative estimate of drug-likeness (QED) is 0.728. The van der Waals surface area contributed by atoms with Crippen molar-refractivity contribution in [3.8, 4) is 5.75 Å². The second-order valence-electron chi connectivity index (χ2n) is 6.50. The maximum atomic E-state index is 12.9. The number of nitrogens with one attached hydrogen (secondary N) is 1. The van der Waals surface area contributed by atoms with E-state index in [1.165, 1.54) is 11.9 Å². The molecule has 0 heterocycles. The predicted molar refractivity (Wildman–Crippen MR) is 112 cm³/mol. The van der Waals surface area contributed by atoms with Gasteiger partial charge in [-0.25, -0.2) is 0 Å². The second kappa shape index (κ2) is 9.80. The lowest BCUT2D eigenvalue weighted by Crippen LogP contribution is -2.48. The minimum absolute atomic E-state index is 0.0993. The molecule has 0 aliphatic rings. The lowest BCUT2D eigenvalue weighted by molar-refractivity contribution is -0.142. The summed E-state index contributed by atoms with van der Waals surface area (Å²) < 4.78 is 5.73. The maximum absolute atomic E-state index is 12.9. The zero-order valence-corrected chi connectivity index (χ0v) is 17.9. The average Bonchev–Trinajstić information content (AvgIpc) is 2.67. The van der Waals surface area contributed by atoms with Crippen molar-refractivity contribution in [2.24, 2.45) is 0 Å². The molecule has 7 heteroatoms. The Labute approximate surface area is 175 Å². The van der Waals surface area contributed by atoms with Crippen LogP contribution < -0.4 is 10.1 Å². The third-order valence-corrected chi connectivity index (χ3v) is 5.42. The third-order valence-electron chi connectivity index (χ3n) is 4.71. The molecule has 0 aromatic heterocycles. The molecule has 2 aromatic rings. The van der Waals surface area contributed by atoms with Crippen molar-refractivity contribution >= 4 is 35.0 Å². The summed E-state index contributed by atoms with van der Waals surface area (Å²) in [6, 6.07) is 10.1. The molecular formula is C21H24Cl2N2O3. The number of hydrogen-bond donors (Lipinski definition) is 1. The Bertz CT molecular complexity index is 850. The summed E-state index contributed by atoms with van der Waals surface area (Å²) in [7, 11) is 1.52. The standard InChI is InChI=1S/C21H24Cl2N2O3/c1-13-7-5-10-19(14(13)2)28-12-20(26)25(15(3)21(27)24-4)11-16-17(22)8-6-9-18(16)23/h5-10,15H,11-12H2,1-4H3,(H,24,27). The number of carbonyl (C=O) groups is 2. The number of rotatable bonds is 7. The molecule has 5 nitrogen and oxygen atoms in total. The van der Waals surface area contributed by atoms with Gasteiger partial charge in [0, 0.05) is 29.2 Å². The normalized spacial score (nSPS) is 11.6. The molecular weight excluding hydrogens is 399 g/mol. The number of ether oxygens (including phenoxy) is 1. The fourth-order valence-electron chi connectivity index (χ4n) is 2.75. The average molecular weight is 423 g/mol. The highest BCUT2D eigenvalue weighted by molar-refractivity contribution is 6.36. The van der Waals surface area contributed by atoms with Crippen LogP contribution in [0.15, 0.2) is 36.4 Å². The molecule has 0 aliphatic carbocycles. The molecule has 0 radical (unpaired) electrons. The molecule has 28 heavy (non-hydrogen) atoms. The van der Waals surface area contributed by atoms with Crippen LogP contribution in [0.4, 0.5) is 0 Å². The van der Waals surface area contributed by atoms with E-state index in [9.17, 15) is 9.59 Å². The number of likely N-dealkylation sites (N-methyl/N-ethyl adjacent to an activating group) is 1. The van der Waals surface area contributed by atoms with Gasteiger partial charge in [-0.2, -0.15) is 0 Å². The molecule has 1 N–H and O–H groups in total. The SMILES string of the molecule is CNC(=O)C(C)N(Cc1c(Cl)cccc1Cl)C(=O)COc1cccc(C)c1C. The van der Waals surface area contributed by atoms with E-state index >= 15 is 0 Å². The van der Waals surface area contributed by atoms with Crippen molar-refractivity contribution in [2.75, 3.05) is 13.7 Å². The van der Waals surface area contributed by atoms with Crippen LogP contribution in [0.5, 0.6) is 5.75 Å². The predicted octanol–water partition coefficient (Wildman–Crippen LogP) is 4.15. The Balaban J connectivity index is 2.24. The van der Waals surface area contributed by atoms with Crippen LogP contribution in [0, 0.1) is 13.8 Å². The number of amides is 2. The fraction of sp³-hybridized carbons (Fsp3) is 0.333. The number of nitrogens with zero attached hydrogens (tertiary/aromatic N) is 1. The van der Waals surface area contributed by atoms with E-state index in [1.807, 2.05) is 32.0 Å². The lowest BCUT2D eigenvalue weighted by Gasteiger charge is -2.29. The van der Waals surface area contributed by atoms with Crippen LogP contribution in [0.25, 0.3) is 0 Å². The Kier molecular flexibility index (Phi) is 7.72. The fourth-order valence-corrected chi connectivity index (χ4v) is 3.27. The summed E-state index contributed by atoms with van der Waals surface area (Å²) in [5, 5.41) is 3.44. The van der Waals surface area contributed by atoms with Crippen molar-refractivity contribution in [3.63, 3.8) is 0 Å². The number of hydrogen-bond acceptors (Lipinski definition) is 3. The van der Waals surface area contributed by atoms with E-state index in [-0.39, 0.29) is 25.0 Å². The van der Waals surface area contributed by atoms with Crippen LogP contribution in [-0.4, -0.2) is 36.4 Å². The van der Waals surface area contributed by atoms with Gasteiger partial charge in [-0.15, -0.1) is 0 Å². The summed E-state index contributed by atoms with van der Waals surface area (Å²) in [4.78, 5) is 26.5. The van der Waals surface area contributed by atoms with Crippen LogP contribution in [0.3, 0.4) is 0 Å². The van der Waals surface area contributed by atoms with Gasteiger partial charge < -0.3 is 15.0 Å². The monoisotopic (exact) mass is 422 g/mol. The summed E-state index contributed by atoms with van der Waals surface area (Å²) in [5.74, 6) is 0.00734. The number of benzene rings is 2.